The van der Waals surface area contributed by atoms with Crippen LogP contribution in [0.1, 0.15) is 21.5 Å². The van der Waals surface area contributed by atoms with Crippen molar-refractivity contribution >= 4 is 39.8 Å². The highest BCUT2D eigenvalue weighted by Crippen LogP contribution is 2.31. The summed E-state index contributed by atoms with van der Waals surface area (Å²) in [6.07, 6.45) is 0. The lowest BCUT2D eigenvalue weighted by molar-refractivity contribution is -0.385. The minimum Gasteiger partial charge on any atom is -0.366 e. The van der Waals surface area contributed by atoms with Gasteiger partial charge in [0.2, 0.25) is 11.0 Å². The van der Waals surface area contributed by atoms with Crippen molar-refractivity contribution in [3.63, 3.8) is 0 Å². The maximum Gasteiger partial charge on any atom is 0.274 e. The molecule has 3 aromatic rings. The van der Waals surface area contributed by atoms with Crippen molar-refractivity contribution in [1.29, 1.82) is 0 Å². The number of nitro groups is 1. The number of thioether (sulfide) groups is 1. The molecule has 0 bridgehead atoms. The van der Waals surface area contributed by atoms with Gasteiger partial charge in [-0.2, -0.15) is 0 Å². The summed E-state index contributed by atoms with van der Waals surface area (Å²) < 4.78 is 13.5. The molecular formula is C17H14FN5O3S2. The van der Waals surface area contributed by atoms with E-state index in [0.29, 0.717) is 27.3 Å². The Balaban J connectivity index is 1.62. The van der Waals surface area contributed by atoms with Crippen LogP contribution in [0.15, 0.2) is 46.8 Å². The quantitative estimate of drug-likeness (QED) is 0.325. The van der Waals surface area contributed by atoms with E-state index in [9.17, 15) is 19.3 Å². The number of aromatic nitrogens is 2. The highest BCUT2D eigenvalue weighted by Gasteiger charge is 2.17. The number of anilines is 1. The Bertz CT molecular complexity index is 1010. The van der Waals surface area contributed by atoms with Gasteiger partial charge in [0.05, 0.1) is 4.92 Å². The van der Waals surface area contributed by atoms with Crippen LogP contribution in [0.3, 0.4) is 0 Å². The molecular weight excluding hydrogens is 405 g/mol. The molecule has 0 aliphatic heterocycles. The molecule has 11 heteroatoms. The molecule has 0 atom stereocenters. The number of hydrogen-bond acceptors (Lipinski definition) is 8. The van der Waals surface area contributed by atoms with E-state index in [0.717, 1.165) is 5.56 Å². The maximum absolute atomic E-state index is 12.9. The molecule has 0 radical (unpaired) electrons. The van der Waals surface area contributed by atoms with Crippen molar-refractivity contribution < 1.29 is 14.1 Å². The number of carbonyl (C=O) groups excluding carboxylic acids is 1. The van der Waals surface area contributed by atoms with Gasteiger partial charge >= 0.3 is 0 Å². The van der Waals surface area contributed by atoms with Gasteiger partial charge in [-0.05, 0) is 23.8 Å². The Kier molecular flexibility index (Phi) is 6.16. The number of nitrogens with zero attached hydrogens (tertiary/aromatic N) is 3. The summed E-state index contributed by atoms with van der Waals surface area (Å²) in [5.74, 6) is -0.721. The van der Waals surface area contributed by atoms with Crippen molar-refractivity contribution in [2.45, 2.75) is 16.6 Å². The van der Waals surface area contributed by atoms with Crippen molar-refractivity contribution in [2.75, 3.05) is 5.32 Å². The number of rotatable bonds is 8. The SMILES string of the molecule is NC(=O)c1ccc(CSc2nnc(NCc3ccc(F)cc3)s2)c([N+](=O)[O-])c1. The average Bonchev–Trinajstić information content (AvgIpc) is 3.13. The van der Waals surface area contributed by atoms with E-state index in [1.807, 2.05) is 0 Å². The Morgan fingerprint density at radius 3 is 2.68 bits per heavy atom. The summed E-state index contributed by atoms with van der Waals surface area (Å²) >= 11 is 2.61. The Hall–Kier alpha value is -3.05. The van der Waals surface area contributed by atoms with Gasteiger partial charge in [0, 0.05) is 29.5 Å². The second-order valence-corrected chi connectivity index (χ2v) is 7.81. The fourth-order valence-corrected chi connectivity index (χ4v) is 4.01. The first-order chi connectivity index (χ1) is 13.4. The molecule has 0 saturated carbocycles. The van der Waals surface area contributed by atoms with Crippen LogP contribution in [0.4, 0.5) is 15.2 Å². The zero-order valence-corrected chi connectivity index (χ0v) is 15.9. The van der Waals surface area contributed by atoms with E-state index >= 15 is 0 Å². The van der Waals surface area contributed by atoms with E-state index in [2.05, 4.69) is 15.5 Å². The van der Waals surface area contributed by atoms with E-state index in [1.54, 1.807) is 12.1 Å². The van der Waals surface area contributed by atoms with E-state index in [-0.39, 0.29) is 17.1 Å². The topological polar surface area (TPSA) is 124 Å². The smallest absolute Gasteiger partial charge is 0.274 e. The third-order valence-corrected chi connectivity index (χ3v) is 5.74. The van der Waals surface area contributed by atoms with Gasteiger partial charge in [-0.15, -0.1) is 10.2 Å². The van der Waals surface area contributed by atoms with E-state index in [4.69, 9.17) is 5.73 Å². The minimum atomic E-state index is -0.719. The van der Waals surface area contributed by atoms with Crippen LogP contribution in [-0.4, -0.2) is 21.0 Å². The van der Waals surface area contributed by atoms with Gasteiger partial charge in [-0.25, -0.2) is 4.39 Å². The van der Waals surface area contributed by atoms with Crippen LogP contribution in [0.25, 0.3) is 0 Å². The lowest BCUT2D eigenvalue weighted by Crippen LogP contribution is -2.11. The number of nitrogens with two attached hydrogens (primary N) is 1. The van der Waals surface area contributed by atoms with Crippen molar-refractivity contribution in [1.82, 2.24) is 10.2 Å². The van der Waals surface area contributed by atoms with Crippen molar-refractivity contribution in [3.8, 4) is 0 Å². The number of nitrogens with one attached hydrogen (secondary N) is 1. The molecule has 1 amide bonds. The van der Waals surface area contributed by atoms with Crippen LogP contribution in [0.5, 0.6) is 0 Å². The Morgan fingerprint density at radius 2 is 2.00 bits per heavy atom. The molecule has 1 aromatic heterocycles. The minimum absolute atomic E-state index is 0.0867. The number of benzene rings is 2. The predicted octanol–water partition coefficient (Wildman–Crippen LogP) is 3.59. The number of nitro benzene ring substituents is 1. The molecule has 3 N–H and O–H groups in total. The summed E-state index contributed by atoms with van der Waals surface area (Å²) in [6.45, 7) is 0.472. The molecule has 2 aromatic carbocycles. The predicted molar refractivity (Wildman–Crippen MR) is 105 cm³/mol. The lowest BCUT2D eigenvalue weighted by atomic mass is 10.1. The molecule has 144 valence electrons. The van der Waals surface area contributed by atoms with Gasteiger partial charge < -0.3 is 11.1 Å². The molecule has 0 spiro atoms. The monoisotopic (exact) mass is 419 g/mol. The molecule has 0 unspecified atom stereocenters. The lowest BCUT2D eigenvalue weighted by Gasteiger charge is -2.03. The number of amides is 1. The largest absolute Gasteiger partial charge is 0.366 e. The average molecular weight is 419 g/mol. The molecule has 1 heterocycles. The van der Waals surface area contributed by atoms with E-state index < -0.39 is 10.8 Å². The second-order valence-electron chi connectivity index (χ2n) is 5.61. The second kappa shape index (κ2) is 8.76. The van der Waals surface area contributed by atoms with E-state index in [1.165, 1.54) is 53.4 Å². The fourth-order valence-electron chi connectivity index (χ4n) is 2.27. The number of halogens is 1. The first-order valence-corrected chi connectivity index (χ1v) is 9.74. The zero-order chi connectivity index (χ0) is 20.1. The zero-order valence-electron chi connectivity index (χ0n) is 14.3. The Labute approximate surface area is 167 Å². The molecule has 0 aliphatic carbocycles. The fraction of sp³-hybridized carbons (Fsp3) is 0.118. The van der Waals surface area contributed by atoms with Gasteiger partial charge in [0.15, 0.2) is 4.34 Å². The van der Waals surface area contributed by atoms with Gasteiger partial charge in [0.1, 0.15) is 5.82 Å². The number of hydrogen-bond donors (Lipinski definition) is 2. The normalized spacial score (nSPS) is 10.6. The number of primary amides is 1. The summed E-state index contributed by atoms with van der Waals surface area (Å²) in [4.78, 5) is 21.9. The van der Waals surface area contributed by atoms with Crippen LogP contribution in [0, 0.1) is 15.9 Å². The van der Waals surface area contributed by atoms with Crippen LogP contribution in [-0.2, 0) is 12.3 Å². The highest BCUT2D eigenvalue weighted by atomic mass is 32.2. The summed E-state index contributed by atoms with van der Waals surface area (Å²) in [6, 6.07) is 10.3. The van der Waals surface area contributed by atoms with Crippen molar-refractivity contribution in [2.24, 2.45) is 5.73 Å². The molecule has 0 aliphatic rings. The molecule has 3 rings (SSSR count). The van der Waals surface area contributed by atoms with Crippen LogP contribution in [0.2, 0.25) is 0 Å². The molecule has 0 fully saturated rings. The maximum atomic E-state index is 12.9. The number of carbonyl (C=O) groups is 1. The van der Waals surface area contributed by atoms with Crippen molar-refractivity contribution in [3.05, 3.63) is 75.1 Å². The van der Waals surface area contributed by atoms with Gasteiger partial charge in [-0.3, -0.25) is 14.9 Å². The summed E-state index contributed by atoms with van der Waals surface area (Å²) in [7, 11) is 0. The highest BCUT2D eigenvalue weighted by molar-refractivity contribution is 8.00. The first-order valence-electron chi connectivity index (χ1n) is 7.94. The van der Waals surface area contributed by atoms with Crippen LogP contribution < -0.4 is 11.1 Å². The third kappa shape index (κ3) is 5.02. The van der Waals surface area contributed by atoms with Crippen LogP contribution >= 0.6 is 23.1 Å². The molecule has 0 saturated heterocycles. The first kappa shape index (κ1) is 19.7. The molecule has 28 heavy (non-hydrogen) atoms. The van der Waals surface area contributed by atoms with Gasteiger partial charge in [-0.1, -0.05) is 41.3 Å². The summed E-state index contributed by atoms with van der Waals surface area (Å²) in [5.41, 5.74) is 6.45. The standard InChI is InChI=1S/C17H14FN5O3S2/c18-13-5-1-10(2-6-13)8-20-16-21-22-17(28-16)27-9-12-4-3-11(15(19)24)7-14(12)23(25)26/h1-7H,8-9H2,(H2,19,24)(H,20,21). The Morgan fingerprint density at radius 1 is 1.25 bits per heavy atom. The van der Waals surface area contributed by atoms with Gasteiger partial charge in [0.25, 0.3) is 5.69 Å². The third-order valence-electron chi connectivity index (χ3n) is 3.68. The summed E-state index contributed by atoms with van der Waals surface area (Å²) in [5, 5.41) is 23.0. The molecule has 8 nitrogen and oxygen atoms in total.